The van der Waals surface area contributed by atoms with Crippen molar-refractivity contribution in [2.24, 2.45) is 0 Å². The predicted molar refractivity (Wildman–Crippen MR) is 89.9 cm³/mol. The monoisotopic (exact) mass is 321 g/mol. The lowest BCUT2D eigenvalue weighted by Gasteiger charge is -2.39. The molecule has 4 nitrogen and oxygen atoms in total. The van der Waals surface area contributed by atoms with Crippen LogP contribution in [0, 0.1) is 6.92 Å². The molecule has 0 N–H and O–H groups in total. The number of amides is 1. The van der Waals surface area contributed by atoms with Gasteiger partial charge in [-0.15, -0.1) is 0 Å². The molecule has 1 spiro atoms. The number of piperidine rings is 1. The Morgan fingerprint density at radius 2 is 2.00 bits per heavy atom. The minimum atomic E-state index is -0.689. The van der Waals surface area contributed by atoms with Crippen LogP contribution in [0.5, 0.6) is 0 Å². The van der Waals surface area contributed by atoms with E-state index in [2.05, 4.69) is 0 Å². The van der Waals surface area contributed by atoms with Crippen LogP contribution in [-0.4, -0.2) is 29.9 Å². The van der Waals surface area contributed by atoms with E-state index in [0.717, 1.165) is 24.0 Å². The van der Waals surface area contributed by atoms with Gasteiger partial charge in [-0.3, -0.25) is 4.79 Å². The largest absolute Gasteiger partial charge is 0.449 e. The average molecular weight is 321 g/mol. The second-order valence-corrected chi connectivity index (χ2v) is 6.63. The molecule has 4 rings (SSSR count). The molecule has 2 aromatic carbocycles. The Hall–Kier alpha value is -2.62. The number of esters is 1. The summed E-state index contributed by atoms with van der Waals surface area (Å²) in [6.07, 6.45) is 1.58. The summed E-state index contributed by atoms with van der Waals surface area (Å²) in [6, 6.07) is 15.1. The van der Waals surface area contributed by atoms with E-state index in [0.29, 0.717) is 24.2 Å². The molecule has 0 saturated carbocycles. The number of carbonyl (C=O) groups is 2. The summed E-state index contributed by atoms with van der Waals surface area (Å²) in [5.41, 5.74) is 2.60. The normalized spacial score (nSPS) is 22.4. The fraction of sp³-hybridized carbons (Fsp3) is 0.300. The van der Waals surface area contributed by atoms with Crippen LogP contribution in [-0.2, 0) is 10.3 Å². The molecule has 122 valence electrons. The van der Waals surface area contributed by atoms with Gasteiger partial charge in [0.2, 0.25) is 0 Å². The Balaban J connectivity index is 1.65. The van der Waals surface area contributed by atoms with Gasteiger partial charge in [0.05, 0.1) is 12.1 Å². The zero-order valence-electron chi connectivity index (χ0n) is 13.6. The van der Waals surface area contributed by atoms with E-state index in [1.165, 1.54) is 0 Å². The molecule has 2 aliphatic heterocycles. The number of likely N-dealkylation sites (tertiary alicyclic amines) is 1. The first kappa shape index (κ1) is 14.9. The fourth-order valence-corrected chi connectivity index (χ4v) is 3.80. The Bertz CT molecular complexity index is 829. The van der Waals surface area contributed by atoms with Crippen molar-refractivity contribution in [1.82, 2.24) is 4.90 Å². The van der Waals surface area contributed by atoms with Crippen LogP contribution in [0.1, 0.15) is 44.7 Å². The molecular formula is C20H19NO3. The van der Waals surface area contributed by atoms with Crippen LogP contribution < -0.4 is 0 Å². The first-order valence-electron chi connectivity index (χ1n) is 8.28. The molecule has 1 fully saturated rings. The highest BCUT2D eigenvalue weighted by Gasteiger charge is 2.48. The molecule has 4 heteroatoms. The smallest absolute Gasteiger partial charge is 0.339 e. The van der Waals surface area contributed by atoms with Crippen LogP contribution in [0.15, 0.2) is 48.5 Å². The Labute approximate surface area is 141 Å². The molecule has 0 aliphatic carbocycles. The Kier molecular flexibility index (Phi) is 3.41. The van der Waals surface area contributed by atoms with Crippen molar-refractivity contribution < 1.29 is 14.3 Å². The van der Waals surface area contributed by atoms with E-state index in [-0.39, 0.29) is 11.9 Å². The summed E-state index contributed by atoms with van der Waals surface area (Å²) in [7, 11) is 0. The quantitative estimate of drug-likeness (QED) is 0.757. The van der Waals surface area contributed by atoms with Crippen molar-refractivity contribution in [2.45, 2.75) is 25.4 Å². The van der Waals surface area contributed by atoms with Crippen LogP contribution in [0.2, 0.25) is 0 Å². The van der Waals surface area contributed by atoms with Gasteiger partial charge in [0.1, 0.15) is 0 Å². The molecule has 1 atom stereocenters. The highest BCUT2D eigenvalue weighted by atomic mass is 16.6. The number of benzene rings is 2. The second-order valence-electron chi connectivity index (χ2n) is 6.63. The standard InChI is InChI=1S/C20H19NO3/c1-14-6-4-7-15(12-14)18(22)21-11-5-10-20(13-21)17-9-3-2-8-16(17)19(23)24-20/h2-4,6-9,12H,5,10-11,13H2,1H3. The van der Waals surface area contributed by atoms with Gasteiger partial charge in [0.25, 0.3) is 5.91 Å². The van der Waals surface area contributed by atoms with Gasteiger partial charge in [-0.2, -0.15) is 0 Å². The Morgan fingerprint density at radius 3 is 2.83 bits per heavy atom. The summed E-state index contributed by atoms with van der Waals surface area (Å²) in [4.78, 5) is 26.9. The van der Waals surface area contributed by atoms with Gasteiger partial charge in [-0.05, 0) is 38.0 Å². The highest BCUT2D eigenvalue weighted by Crippen LogP contribution is 2.42. The molecule has 1 amide bonds. The van der Waals surface area contributed by atoms with Gasteiger partial charge < -0.3 is 9.64 Å². The number of nitrogens with zero attached hydrogens (tertiary/aromatic N) is 1. The SMILES string of the molecule is Cc1cccc(C(=O)N2CCCC3(C2)OC(=O)c2ccccc23)c1. The minimum absolute atomic E-state index is 0.00166. The second kappa shape index (κ2) is 5.48. The third kappa shape index (κ3) is 2.30. The van der Waals surface area contributed by atoms with E-state index in [1.54, 1.807) is 6.07 Å². The van der Waals surface area contributed by atoms with Crippen molar-refractivity contribution in [2.75, 3.05) is 13.1 Å². The number of hydrogen-bond donors (Lipinski definition) is 0. The number of ether oxygens (including phenoxy) is 1. The molecule has 24 heavy (non-hydrogen) atoms. The van der Waals surface area contributed by atoms with Crippen LogP contribution >= 0.6 is 0 Å². The third-order valence-corrected chi connectivity index (χ3v) is 4.93. The molecule has 2 aromatic rings. The van der Waals surface area contributed by atoms with Crippen LogP contribution in [0.4, 0.5) is 0 Å². The zero-order valence-corrected chi connectivity index (χ0v) is 13.6. The molecule has 0 aromatic heterocycles. The van der Waals surface area contributed by atoms with E-state index < -0.39 is 5.60 Å². The summed E-state index contributed by atoms with van der Waals surface area (Å²) in [6.45, 7) is 3.08. The summed E-state index contributed by atoms with van der Waals surface area (Å²) < 4.78 is 5.77. The maximum atomic E-state index is 12.9. The lowest BCUT2D eigenvalue weighted by Crippen LogP contribution is -2.48. The molecule has 2 aliphatic rings. The third-order valence-electron chi connectivity index (χ3n) is 4.93. The van der Waals surface area contributed by atoms with Crippen molar-refractivity contribution in [3.05, 3.63) is 70.8 Å². The van der Waals surface area contributed by atoms with Gasteiger partial charge in [0, 0.05) is 17.7 Å². The highest BCUT2D eigenvalue weighted by molar-refractivity contribution is 5.96. The lowest BCUT2D eigenvalue weighted by molar-refractivity contribution is -0.0442. The van der Waals surface area contributed by atoms with Crippen LogP contribution in [0.3, 0.4) is 0 Å². The van der Waals surface area contributed by atoms with Gasteiger partial charge in [-0.25, -0.2) is 4.79 Å². The molecule has 0 radical (unpaired) electrons. The summed E-state index contributed by atoms with van der Waals surface area (Å²) >= 11 is 0. The van der Waals surface area contributed by atoms with E-state index in [9.17, 15) is 9.59 Å². The van der Waals surface area contributed by atoms with Crippen molar-refractivity contribution in [1.29, 1.82) is 0 Å². The van der Waals surface area contributed by atoms with Crippen molar-refractivity contribution in [3.8, 4) is 0 Å². The molecular weight excluding hydrogens is 302 g/mol. The molecule has 2 heterocycles. The van der Waals surface area contributed by atoms with E-state index in [1.807, 2.05) is 54.3 Å². The minimum Gasteiger partial charge on any atom is -0.449 e. The average Bonchev–Trinajstić information content (AvgIpc) is 2.86. The number of rotatable bonds is 1. The Morgan fingerprint density at radius 1 is 1.17 bits per heavy atom. The van der Waals surface area contributed by atoms with E-state index in [4.69, 9.17) is 4.74 Å². The molecule has 0 bridgehead atoms. The fourth-order valence-electron chi connectivity index (χ4n) is 3.80. The van der Waals surface area contributed by atoms with Gasteiger partial charge >= 0.3 is 5.97 Å². The number of fused-ring (bicyclic) bond motifs is 2. The van der Waals surface area contributed by atoms with Crippen LogP contribution in [0.25, 0.3) is 0 Å². The molecule has 1 saturated heterocycles. The number of carbonyl (C=O) groups excluding carboxylic acids is 2. The van der Waals surface area contributed by atoms with E-state index >= 15 is 0 Å². The van der Waals surface area contributed by atoms with Gasteiger partial charge in [0.15, 0.2) is 5.60 Å². The van der Waals surface area contributed by atoms with Gasteiger partial charge in [-0.1, -0.05) is 35.9 Å². The van der Waals surface area contributed by atoms with Crippen molar-refractivity contribution >= 4 is 11.9 Å². The topological polar surface area (TPSA) is 46.6 Å². The zero-order chi connectivity index (χ0) is 16.7. The number of hydrogen-bond acceptors (Lipinski definition) is 3. The lowest BCUT2D eigenvalue weighted by atomic mass is 9.85. The summed E-state index contributed by atoms with van der Waals surface area (Å²) in [5, 5.41) is 0. The first-order valence-corrected chi connectivity index (χ1v) is 8.28. The predicted octanol–water partition coefficient (Wildman–Crippen LogP) is 3.30. The maximum absolute atomic E-state index is 12.9. The number of aryl methyl sites for hydroxylation is 1. The first-order chi connectivity index (χ1) is 11.6. The molecule has 1 unspecified atom stereocenters. The van der Waals surface area contributed by atoms with Crippen molar-refractivity contribution in [3.63, 3.8) is 0 Å². The summed E-state index contributed by atoms with van der Waals surface area (Å²) in [5.74, 6) is -0.284. The maximum Gasteiger partial charge on any atom is 0.339 e.